The van der Waals surface area contributed by atoms with Crippen LogP contribution in [0.2, 0.25) is 0 Å². The number of nitriles is 1. The molecule has 20 heavy (non-hydrogen) atoms. The normalized spacial score (nSPS) is 16.8. The molecule has 1 aliphatic rings. The van der Waals surface area contributed by atoms with E-state index in [9.17, 15) is 4.79 Å². The molecule has 0 unspecified atom stereocenters. The molecular formula is C15H19N3O2. The number of nitrogens with zero attached hydrogens (tertiary/aromatic N) is 3. The van der Waals surface area contributed by atoms with Gasteiger partial charge in [-0.05, 0) is 11.1 Å². The molecule has 1 aliphatic heterocycles. The van der Waals surface area contributed by atoms with Gasteiger partial charge in [-0.25, -0.2) is 0 Å². The standard InChI is InChI=1S/C15H19N3O2/c16-5-6-17-7-9-18(10-8-17)12-14-4-2-1-3-13(14)11-15(19)20/h1-4H,6-12H2,(H,19,20). The van der Waals surface area contributed by atoms with Crippen molar-refractivity contribution in [1.82, 2.24) is 9.80 Å². The molecule has 0 aliphatic carbocycles. The predicted octanol–water partition coefficient (Wildman–Crippen LogP) is 0.955. The van der Waals surface area contributed by atoms with Crippen molar-refractivity contribution in [2.75, 3.05) is 32.7 Å². The van der Waals surface area contributed by atoms with Gasteiger partial charge in [0.2, 0.25) is 0 Å². The first-order valence-electron chi connectivity index (χ1n) is 6.79. The maximum absolute atomic E-state index is 10.9. The summed E-state index contributed by atoms with van der Waals surface area (Å²) in [5.41, 5.74) is 1.98. The number of aliphatic carboxylic acids is 1. The van der Waals surface area contributed by atoms with Gasteiger partial charge in [0.1, 0.15) is 0 Å². The maximum Gasteiger partial charge on any atom is 0.307 e. The number of carbonyl (C=O) groups is 1. The summed E-state index contributed by atoms with van der Waals surface area (Å²) in [5, 5.41) is 17.6. The fourth-order valence-corrected chi connectivity index (χ4v) is 2.49. The van der Waals surface area contributed by atoms with Crippen LogP contribution >= 0.6 is 0 Å². The first-order valence-corrected chi connectivity index (χ1v) is 6.79. The number of carboxylic acids is 1. The summed E-state index contributed by atoms with van der Waals surface area (Å²) in [5.74, 6) is -0.795. The number of hydrogen-bond acceptors (Lipinski definition) is 4. The summed E-state index contributed by atoms with van der Waals surface area (Å²) < 4.78 is 0. The molecule has 1 fully saturated rings. The molecule has 5 nitrogen and oxygen atoms in total. The van der Waals surface area contributed by atoms with E-state index in [4.69, 9.17) is 10.4 Å². The highest BCUT2D eigenvalue weighted by Gasteiger charge is 2.17. The first-order chi connectivity index (χ1) is 9.69. The molecule has 1 aromatic rings. The van der Waals surface area contributed by atoms with Crippen LogP contribution in [0, 0.1) is 11.3 Å². The van der Waals surface area contributed by atoms with Gasteiger partial charge < -0.3 is 5.11 Å². The third-order valence-electron chi connectivity index (χ3n) is 3.61. The fourth-order valence-electron chi connectivity index (χ4n) is 2.49. The molecule has 1 N–H and O–H groups in total. The number of rotatable bonds is 5. The molecule has 5 heteroatoms. The van der Waals surface area contributed by atoms with E-state index >= 15 is 0 Å². The second-order valence-corrected chi connectivity index (χ2v) is 5.05. The van der Waals surface area contributed by atoms with Crippen molar-refractivity contribution in [3.05, 3.63) is 35.4 Å². The van der Waals surface area contributed by atoms with E-state index in [1.165, 1.54) is 0 Å². The van der Waals surface area contributed by atoms with Gasteiger partial charge in [-0.3, -0.25) is 14.6 Å². The van der Waals surface area contributed by atoms with Gasteiger partial charge in [-0.2, -0.15) is 5.26 Å². The second-order valence-electron chi connectivity index (χ2n) is 5.05. The Kier molecular flexibility index (Phi) is 5.10. The molecule has 106 valence electrons. The lowest BCUT2D eigenvalue weighted by Gasteiger charge is -2.33. The zero-order chi connectivity index (χ0) is 14.4. The minimum atomic E-state index is -0.795. The van der Waals surface area contributed by atoms with Gasteiger partial charge in [-0.1, -0.05) is 24.3 Å². The van der Waals surface area contributed by atoms with E-state index < -0.39 is 5.97 Å². The summed E-state index contributed by atoms with van der Waals surface area (Å²) in [6, 6.07) is 9.89. The minimum Gasteiger partial charge on any atom is -0.481 e. The Morgan fingerprint density at radius 1 is 1.15 bits per heavy atom. The SMILES string of the molecule is N#CCN1CCN(Cc2ccccc2CC(=O)O)CC1. The zero-order valence-electron chi connectivity index (χ0n) is 11.5. The van der Waals surface area contributed by atoms with Gasteiger partial charge in [0.05, 0.1) is 19.0 Å². The largest absolute Gasteiger partial charge is 0.481 e. The molecule has 1 saturated heterocycles. The highest BCUT2D eigenvalue weighted by atomic mass is 16.4. The van der Waals surface area contributed by atoms with E-state index in [1.807, 2.05) is 24.3 Å². The van der Waals surface area contributed by atoms with E-state index in [1.54, 1.807) is 0 Å². The molecule has 0 saturated carbocycles. The van der Waals surface area contributed by atoms with Crippen LogP contribution in [-0.2, 0) is 17.8 Å². The Hall–Kier alpha value is -1.90. The molecule has 0 radical (unpaired) electrons. The Bertz CT molecular complexity index is 502. The number of hydrogen-bond donors (Lipinski definition) is 1. The highest BCUT2D eigenvalue weighted by Crippen LogP contribution is 2.14. The molecule has 1 aromatic carbocycles. The highest BCUT2D eigenvalue weighted by molar-refractivity contribution is 5.70. The van der Waals surface area contributed by atoms with E-state index in [-0.39, 0.29) is 6.42 Å². The Morgan fingerprint density at radius 3 is 2.35 bits per heavy atom. The Labute approximate surface area is 119 Å². The van der Waals surface area contributed by atoms with Crippen LogP contribution < -0.4 is 0 Å². The molecule has 2 rings (SSSR count). The first kappa shape index (κ1) is 14.5. The van der Waals surface area contributed by atoms with Crippen molar-refractivity contribution in [3.63, 3.8) is 0 Å². The Morgan fingerprint density at radius 2 is 1.75 bits per heavy atom. The van der Waals surface area contributed by atoms with Crippen molar-refractivity contribution in [2.24, 2.45) is 0 Å². The number of piperazine rings is 1. The Balaban J connectivity index is 1.94. The zero-order valence-corrected chi connectivity index (χ0v) is 11.5. The third-order valence-corrected chi connectivity index (χ3v) is 3.61. The van der Waals surface area contributed by atoms with Crippen molar-refractivity contribution in [1.29, 1.82) is 5.26 Å². The fraction of sp³-hybridized carbons (Fsp3) is 0.467. The lowest BCUT2D eigenvalue weighted by atomic mass is 10.0. The van der Waals surface area contributed by atoms with Crippen LogP contribution in [-0.4, -0.2) is 53.6 Å². The van der Waals surface area contributed by atoms with Crippen LogP contribution in [0.1, 0.15) is 11.1 Å². The molecular weight excluding hydrogens is 254 g/mol. The van der Waals surface area contributed by atoms with E-state index in [2.05, 4.69) is 15.9 Å². The molecule has 0 bridgehead atoms. The van der Waals surface area contributed by atoms with E-state index in [0.29, 0.717) is 6.54 Å². The van der Waals surface area contributed by atoms with Crippen molar-refractivity contribution in [3.8, 4) is 6.07 Å². The summed E-state index contributed by atoms with van der Waals surface area (Å²) in [4.78, 5) is 15.3. The molecule has 0 aromatic heterocycles. The summed E-state index contributed by atoms with van der Waals surface area (Å²) in [6.07, 6.45) is 0.0740. The quantitative estimate of drug-likeness (QED) is 0.809. The van der Waals surface area contributed by atoms with Gasteiger partial charge in [0.25, 0.3) is 0 Å². The third kappa shape index (κ3) is 4.05. The molecule has 0 atom stereocenters. The van der Waals surface area contributed by atoms with Crippen LogP contribution in [0.4, 0.5) is 0 Å². The van der Waals surface area contributed by atoms with Crippen LogP contribution in [0.5, 0.6) is 0 Å². The minimum absolute atomic E-state index is 0.0740. The summed E-state index contributed by atoms with van der Waals surface area (Å²) >= 11 is 0. The maximum atomic E-state index is 10.9. The van der Waals surface area contributed by atoms with Crippen LogP contribution in [0.3, 0.4) is 0 Å². The van der Waals surface area contributed by atoms with Crippen LogP contribution in [0.25, 0.3) is 0 Å². The summed E-state index contributed by atoms with van der Waals surface area (Å²) in [6.45, 7) is 4.91. The van der Waals surface area contributed by atoms with Gasteiger partial charge >= 0.3 is 5.97 Å². The lowest BCUT2D eigenvalue weighted by Crippen LogP contribution is -2.45. The predicted molar refractivity (Wildman–Crippen MR) is 75.1 cm³/mol. The summed E-state index contributed by atoms with van der Waals surface area (Å²) in [7, 11) is 0. The van der Waals surface area contributed by atoms with Crippen molar-refractivity contribution < 1.29 is 9.90 Å². The van der Waals surface area contributed by atoms with Gasteiger partial charge in [0, 0.05) is 32.7 Å². The van der Waals surface area contributed by atoms with Crippen molar-refractivity contribution >= 4 is 5.97 Å². The van der Waals surface area contributed by atoms with Gasteiger partial charge in [0.15, 0.2) is 0 Å². The van der Waals surface area contributed by atoms with Crippen molar-refractivity contribution in [2.45, 2.75) is 13.0 Å². The molecule has 1 heterocycles. The molecule has 0 amide bonds. The smallest absolute Gasteiger partial charge is 0.307 e. The number of carboxylic acid groups (broad SMARTS) is 1. The number of benzene rings is 1. The molecule has 0 spiro atoms. The van der Waals surface area contributed by atoms with Gasteiger partial charge in [-0.15, -0.1) is 0 Å². The lowest BCUT2D eigenvalue weighted by molar-refractivity contribution is -0.136. The van der Waals surface area contributed by atoms with E-state index in [0.717, 1.165) is 43.9 Å². The average molecular weight is 273 g/mol. The second kappa shape index (κ2) is 7.04. The van der Waals surface area contributed by atoms with Crippen LogP contribution in [0.15, 0.2) is 24.3 Å². The topological polar surface area (TPSA) is 67.6 Å². The monoisotopic (exact) mass is 273 g/mol. The average Bonchev–Trinajstić information content (AvgIpc) is 2.43.